The van der Waals surface area contributed by atoms with Gasteiger partial charge in [0.15, 0.2) is 0 Å². The lowest BCUT2D eigenvalue weighted by Gasteiger charge is -2.17. The van der Waals surface area contributed by atoms with E-state index < -0.39 is 0 Å². The smallest absolute Gasteiger partial charge is 0.263 e. The summed E-state index contributed by atoms with van der Waals surface area (Å²) in [5.74, 6) is 0.709. The van der Waals surface area contributed by atoms with Gasteiger partial charge in [-0.2, -0.15) is 0 Å². The quantitative estimate of drug-likeness (QED) is 0.683. The Balaban J connectivity index is 2.44. The van der Waals surface area contributed by atoms with E-state index >= 15 is 0 Å². The van der Waals surface area contributed by atoms with Crippen LogP contribution in [-0.2, 0) is 17.9 Å². The zero-order chi connectivity index (χ0) is 10.4. The Morgan fingerprint density at radius 3 is 3.33 bits per heavy atom. The standard InChI is InChI=1S/C10H11N3O2/c1-6-4-11-9-8(6)10(14)13-2-3-15-5-7(13)12-9/h4,11H,2-3,5H2,1H3. The van der Waals surface area contributed by atoms with Gasteiger partial charge < -0.3 is 9.72 Å². The SMILES string of the molecule is Cc1c[nH]c2nc3n(c(=O)c12)CCOC3. The number of nitrogens with one attached hydrogen (secondary N) is 1. The Morgan fingerprint density at radius 1 is 1.60 bits per heavy atom. The topological polar surface area (TPSA) is 59.9 Å². The zero-order valence-electron chi connectivity index (χ0n) is 8.41. The lowest BCUT2D eigenvalue weighted by molar-refractivity contribution is 0.0788. The van der Waals surface area contributed by atoms with Crippen LogP contribution in [0.1, 0.15) is 11.4 Å². The number of aryl methyl sites for hydroxylation is 1. The highest BCUT2D eigenvalue weighted by atomic mass is 16.5. The second-order valence-corrected chi connectivity index (χ2v) is 3.73. The third-order valence-electron chi connectivity index (χ3n) is 2.76. The molecule has 78 valence electrons. The molecule has 0 atom stereocenters. The summed E-state index contributed by atoms with van der Waals surface area (Å²) in [6.45, 7) is 3.52. The van der Waals surface area contributed by atoms with Crippen LogP contribution < -0.4 is 5.56 Å². The van der Waals surface area contributed by atoms with Crippen molar-refractivity contribution in [2.75, 3.05) is 6.61 Å². The highest BCUT2D eigenvalue weighted by molar-refractivity contribution is 5.78. The third kappa shape index (κ3) is 1.13. The molecule has 1 aliphatic heterocycles. The van der Waals surface area contributed by atoms with Crippen molar-refractivity contribution in [2.45, 2.75) is 20.1 Å². The predicted octanol–water partition coefficient (Wildman–Crippen LogP) is 0.563. The van der Waals surface area contributed by atoms with E-state index in [0.29, 0.717) is 36.6 Å². The first kappa shape index (κ1) is 8.67. The molecule has 0 aliphatic carbocycles. The molecule has 3 heterocycles. The molecule has 3 rings (SSSR count). The second-order valence-electron chi connectivity index (χ2n) is 3.73. The molecule has 0 amide bonds. The van der Waals surface area contributed by atoms with Gasteiger partial charge in [-0.15, -0.1) is 0 Å². The summed E-state index contributed by atoms with van der Waals surface area (Å²) >= 11 is 0. The number of hydrogen-bond acceptors (Lipinski definition) is 3. The number of H-pyrrole nitrogens is 1. The molecular formula is C10H11N3O2. The maximum absolute atomic E-state index is 12.1. The number of nitrogens with zero attached hydrogens (tertiary/aromatic N) is 2. The fourth-order valence-corrected chi connectivity index (χ4v) is 1.97. The van der Waals surface area contributed by atoms with Gasteiger partial charge in [-0.05, 0) is 12.5 Å². The molecular weight excluding hydrogens is 194 g/mol. The molecule has 2 aromatic heterocycles. The van der Waals surface area contributed by atoms with Crippen LogP contribution in [0.25, 0.3) is 11.0 Å². The summed E-state index contributed by atoms with van der Waals surface area (Å²) in [7, 11) is 0. The van der Waals surface area contributed by atoms with Gasteiger partial charge in [0, 0.05) is 6.20 Å². The first-order valence-corrected chi connectivity index (χ1v) is 4.92. The van der Waals surface area contributed by atoms with E-state index in [1.54, 1.807) is 4.57 Å². The van der Waals surface area contributed by atoms with Crippen LogP contribution in [-0.4, -0.2) is 21.1 Å². The van der Waals surface area contributed by atoms with Gasteiger partial charge >= 0.3 is 0 Å². The average Bonchev–Trinajstić information content (AvgIpc) is 2.61. The largest absolute Gasteiger partial charge is 0.372 e. The van der Waals surface area contributed by atoms with Crippen LogP contribution in [0.15, 0.2) is 11.0 Å². The van der Waals surface area contributed by atoms with Crippen LogP contribution in [0.2, 0.25) is 0 Å². The van der Waals surface area contributed by atoms with Crippen molar-refractivity contribution in [2.24, 2.45) is 0 Å². The Morgan fingerprint density at radius 2 is 2.47 bits per heavy atom. The van der Waals surface area contributed by atoms with Crippen molar-refractivity contribution in [3.05, 3.63) is 27.9 Å². The van der Waals surface area contributed by atoms with E-state index in [2.05, 4.69) is 9.97 Å². The molecule has 0 unspecified atom stereocenters. The van der Waals surface area contributed by atoms with E-state index in [1.807, 2.05) is 13.1 Å². The van der Waals surface area contributed by atoms with Crippen molar-refractivity contribution in [3.8, 4) is 0 Å². The van der Waals surface area contributed by atoms with Gasteiger partial charge in [0.2, 0.25) is 0 Å². The van der Waals surface area contributed by atoms with Gasteiger partial charge in [0.25, 0.3) is 5.56 Å². The van der Waals surface area contributed by atoms with E-state index in [9.17, 15) is 4.79 Å². The molecule has 5 heteroatoms. The zero-order valence-corrected chi connectivity index (χ0v) is 8.41. The van der Waals surface area contributed by atoms with Gasteiger partial charge in [-0.1, -0.05) is 0 Å². The lowest BCUT2D eigenvalue weighted by atomic mass is 10.2. The fourth-order valence-electron chi connectivity index (χ4n) is 1.97. The number of aromatic amines is 1. The molecule has 15 heavy (non-hydrogen) atoms. The normalized spacial score (nSPS) is 15.5. The highest BCUT2D eigenvalue weighted by Crippen LogP contribution is 2.13. The molecule has 0 saturated carbocycles. The first-order valence-electron chi connectivity index (χ1n) is 4.92. The van der Waals surface area contributed by atoms with E-state index in [0.717, 1.165) is 5.56 Å². The van der Waals surface area contributed by atoms with Crippen molar-refractivity contribution in [3.63, 3.8) is 0 Å². The molecule has 0 aromatic carbocycles. The minimum atomic E-state index is 0.0389. The fraction of sp³-hybridized carbons (Fsp3) is 0.400. The minimum Gasteiger partial charge on any atom is -0.372 e. The number of ether oxygens (including phenoxy) is 1. The Kier molecular flexibility index (Phi) is 1.70. The highest BCUT2D eigenvalue weighted by Gasteiger charge is 2.16. The summed E-state index contributed by atoms with van der Waals surface area (Å²) in [5, 5.41) is 0.695. The summed E-state index contributed by atoms with van der Waals surface area (Å²) in [5.41, 5.74) is 1.65. The van der Waals surface area contributed by atoms with Crippen molar-refractivity contribution < 1.29 is 4.74 Å². The molecule has 0 fully saturated rings. The Labute approximate surface area is 85.7 Å². The molecule has 0 bridgehead atoms. The average molecular weight is 205 g/mol. The van der Waals surface area contributed by atoms with Gasteiger partial charge in [-0.25, -0.2) is 4.98 Å². The van der Waals surface area contributed by atoms with Crippen LogP contribution in [0, 0.1) is 6.92 Å². The summed E-state index contributed by atoms with van der Waals surface area (Å²) in [6.07, 6.45) is 1.81. The lowest BCUT2D eigenvalue weighted by Crippen LogP contribution is -2.31. The number of fused-ring (bicyclic) bond motifs is 2. The second kappa shape index (κ2) is 2.93. The molecule has 0 radical (unpaired) electrons. The maximum Gasteiger partial charge on any atom is 0.263 e. The van der Waals surface area contributed by atoms with Crippen LogP contribution in [0.3, 0.4) is 0 Å². The first-order chi connectivity index (χ1) is 7.27. The van der Waals surface area contributed by atoms with Crippen LogP contribution >= 0.6 is 0 Å². The van der Waals surface area contributed by atoms with E-state index in [-0.39, 0.29) is 5.56 Å². The van der Waals surface area contributed by atoms with Crippen LogP contribution in [0.4, 0.5) is 0 Å². The molecule has 5 nitrogen and oxygen atoms in total. The Hall–Kier alpha value is -1.62. The van der Waals surface area contributed by atoms with Crippen LogP contribution in [0.5, 0.6) is 0 Å². The number of rotatable bonds is 0. The van der Waals surface area contributed by atoms with Gasteiger partial charge in [0.1, 0.15) is 18.1 Å². The van der Waals surface area contributed by atoms with E-state index in [1.165, 1.54) is 0 Å². The predicted molar refractivity (Wildman–Crippen MR) is 54.7 cm³/mol. The van der Waals surface area contributed by atoms with Crippen molar-refractivity contribution in [1.29, 1.82) is 0 Å². The molecule has 0 saturated heterocycles. The monoisotopic (exact) mass is 205 g/mol. The maximum atomic E-state index is 12.1. The summed E-state index contributed by atoms with van der Waals surface area (Å²) in [4.78, 5) is 19.5. The number of aromatic nitrogens is 3. The molecule has 1 N–H and O–H groups in total. The summed E-state index contributed by atoms with van der Waals surface area (Å²) in [6, 6.07) is 0. The minimum absolute atomic E-state index is 0.0389. The third-order valence-corrected chi connectivity index (χ3v) is 2.76. The van der Waals surface area contributed by atoms with Crippen molar-refractivity contribution in [1.82, 2.24) is 14.5 Å². The Bertz CT molecular complexity index is 582. The summed E-state index contributed by atoms with van der Waals surface area (Å²) < 4.78 is 6.97. The molecule has 2 aromatic rings. The van der Waals surface area contributed by atoms with E-state index in [4.69, 9.17) is 4.74 Å². The van der Waals surface area contributed by atoms with Gasteiger partial charge in [-0.3, -0.25) is 9.36 Å². The molecule has 0 spiro atoms. The van der Waals surface area contributed by atoms with Gasteiger partial charge in [0.05, 0.1) is 18.5 Å². The number of hydrogen-bond donors (Lipinski definition) is 1. The van der Waals surface area contributed by atoms with Crippen molar-refractivity contribution >= 4 is 11.0 Å². The molecule has 1 aliphatic rings.